The number of hydrogen-bond donors (Lipinski definition) is 3. The van der Waals surface area contributed by atoms with Crippen LogP contribution in [0.3, 0.4) is 0 Å². The molecule has 6 heteroatoms. The molecule has 0 radical (unpaired) electrons. The normalized spacial score (nSPS) is 13.5. The van der Waals surface area contributed by atoms with Crippen LogP contribution in [0.1, 0.15) is 6.92 Å². The molecule has 0 heterocycles. The van der Waals surface area contributed by atoms with Crippen molar-refractivity contribution in [2.75, 3.05) is 7.11 Å². The average molecular weight is 184 g/mol. The van der Waals surface area contributed by atoms with E-state index in [0.29, 0.717) is 5.88 Å². The SMILES string of the molecule is C\C=C(/N=C/C(=C\N)B(O)O)OC. The minimum atomic E-state index is -1.62. The van der Waals surface area contributed by atoms with Gasteiger partial charge in [0.15, 0.2) is 0 Å². The predicted octanol–water partition coefficient (Wildman–Crippen LogP) is -0.580. The van der Waals surface area contributed by atoms with Crippen LogP contribution in [-0.2, 0) is 4.74 Å². The summed E-state index contributed by atoms with van der Waals surface area (Å²) in [5, 5.41) is 17.5. The van der Waals surface area contributed by atoms with E-state index in [-0.39, 0.29) is 5.47 Å². The van der Waals surface area contributed by atoms with E-state index in [4.69, 9.17) is 20.5 Å². The van der Waals surface area contributed by atoms with Crippen molar-refractivity contribution >= 4 is 13.3 Å². The Labute approximate surface area is 77.4 Å². The van der Waals surface area contributed by atoms with Gasteiger partial charge in [-0.25, -0.2) is 4.99 Å². The molecule has 0 aliphatic rings. The minimum Gasteiger partial charge on any atom is -0.481 e. The summed E-state index contributed by atoms with van der Waals surface area (Å²) in [4.78, 5) is 3.80. The Morgan fingerprint density at radius 3 is 2.46 bits per heavy atom. The number of rotatable bonds is 4. The highest BCUT2D eigenvalue weighted by Crippen LogP contribution is 1.98. The molecule has 0 saturated carbocycles. The smallest absolute Gasteiger partial charge is 0.481 e. The molecule has 0 fully saturated rings. The van der Waals surface area contributed by atoms with E-state index < -0.39 is 7.12 Å². The zero-order valence-electron chi connectivity index (χ0n) is 7.64. The van der Waals surface area contributed by atoms with Gasteiger partial charge in [-0.3, -0.25) is 0 Å². The van der Waals surface area contributed by atoms with Crippen molar-refractivity contribution < 1.29 is 14.8 Å². The molecule has 5 nitrogen and oxygen atoms in total. The lowest BCUT2D eigenvalue weighted by molar-refractivity contribution is 0.288. The summed E-state index contributed by atoms with van der Waals surface area (Å²) < 4.78 is 4.81. The Balaban J connectivity index is 4.40. The summed E-state index contributed by atoms with van der Waals surface area (Å²) in [6.45, 7) is 1.75. The number of aliphatic imine (C=N–C) groups is 1. The molecule has 0 saturated heterocycles. The van der Waals surface area contributed by atoms with Crippen molar-refractivity contribution in [3.63, 3.8) is 0 Å². The second kappa shape index (κ2) is 6.27. The van der Waals surface area contributed by atoms with Crippen LogP contribution in [0.5, 0.6) is 0 Å². The summed E-state index contributed by atoms with van der Waals surface area (Å²) >= 11 is 0. The number of allylic oxidation sites excluding steroid dienone is 2. The van der Waals surface area contributed by atoms with E-state index in [9.17, 15) is 0 Å². The van der Waals surface area contributed by atoms with Crippen molar-refractivity contribution in [2.45, 2.75) is 6.92 Å². The third-order valence-electron chi connectivity index (χ3n) is 1.29. The first-order valence-electron chi connectivity index (χ1n) is 3.68. The molecule has 13 heavy (non-hydrogen) atoms. The summed E-state index contributed by atoms with van der Waals surface area (Å²) in [7, 11) is -0.155. The van der Waals surface area contributed by atoms with Gasteiger partial charge in [0.1, 0.15) is 0 Å². The summed E-state index contributed by atoms with van der Waals surface area (Å²) in [6.07, 6.45) is 3.93. The largest absolute Gasteiger partial charge is 0.491 e. The second-order valence-electron chi connectivity index (χ2n) is 2.13. The van der Waals surface area contributed by atoms with Gasteiger partial charge in [0, 0.05) is 11.7 Å². The first kappa shape index (κ1) is 11.7. The van der Waals surface area contributed by atoms with Crippen molar-refractivity contribution in [1.29, 1.82) is 0 Å². The van der Waals surface area contributed by atoms with Crippen LogP contribution in [0.15, 0.2) is 28.6 Å². The van der Waals surface area contributed by atoms with Gasteiger partial charge < -0.3 is 20.5 Å². The highest BCUT2D eigenvalue weighted by atomic mass is 16.5. The van der Waals surface area contributed by atoms with E-state index in [1.54, 1.807) is 13.0 Å². The van der Waals surface area contributed by atoms with Gasteiger partial charge >= 0.3 is 7.12 Å². The maximum Gasteiger partial charge on any atom is 0.491 e. The number of methoxy groups -OCH3 is 1. The summed E-state index contributed by atoms with van der Waals surface area (Å²) in [6, 6.07) is 0. The Hall–Kier alpha value is -1.27. The van der Waals surface area contributed by atoms with Gasteiger partial charge in [-0.15, -0.1) is 0 Å². The van der Waals surface area contributed by atoms with Crippen molar-refractivity contribution in [1.82, 2.24) is 0 Å². The number of nitrogens with zero attached hydrogens (tertiary/aromatic N) is 1. The van der Waals surface area contributed by atoms with Crippen molar-refractivity contribution in [3.05, 3.63) is 23.6 Å². The van der Waals surface area contributed by atoms with Crippen LogP contribution in [0, 0.1) is 0 Å². The van der Waals surface area contributed by atoms with Gasteiger partial charge in [0.2, 0.25) is 5.88 Å². The van der Waals surface area contributed by atoms with Crippen LogP contribution in [-0.4, -0.2) is 30.5 Å². The molecule has 0 atom stereocenters. The highest BCUT2D eigenvalue weighted by Gasteiger charge is 2.11. The molecule has 0 aliphatic heterocycles. The Kier molecular flexibility index (Phi) is 5.66. The first-order valence-corrected chi connectivity index (χ1v) is 3.68. The maximum absolute atomic E-state index is 8.73. The van der Waals surface area contributed by atoms with E-state index >= 15 is 0 Å². The molecule has 0 aromatic rings. The molecule has 0 aromatic heterocycles. The lowest BCUT2D eigenvalue weighted by atomic mass is 9.81. The fourth-order valence-electron chi connectivity index (χ4n) is 0.579. The van der Waals surface area contributed by atoms with Gasteiger partial charge in [-0.05, 0) is 19.2 Å². The van der Waals surface area contributed by atoms with Crippen LogP contribution < -0.4 is 5.73 Å². The fraction of sp³-hybridized carbons (Fsp3) is 0.286. The molecule has 0 aliphatic carbocycles. The second-order valence-corrected chi connectivity index (χ2v) is 2.13. The Morgan fingerprint density at radius 2 is 2.15 bits per heavy atom. The Bertz CT molecular complexity index is 236. The predicted molar refractivity (Wildman–Crippen MR) is 51.7 cm³/mol. The molecule has 0 unspecified atom stereocenters. The van der Waals surface area contributed by atoms with E-state index in [1.807, 2.05) is 0 Å². The average Bonchev–Trinajstić information content (AvgIpc) is 2.12. The Morgan fingerprint density at radius 1 is 1.54 bits per heavy atom. The van der Waals surface area contributed by atoms with Gasteiger partial charge in [0.05, 0.1) is 7.11 Å². The monoisotopic (exact) mass is 184 g/mol. The molecule has 4 N–H and O–H groups in total. The van der Waals surface area contributed by atoms with Crippen LogP contribution >= 0.6 is 0 Å². The van der Waals surface area contributed by atoms with E-state index in [0.717, 1.165) is 6.20 Å². The fourth-order valence-corrected chi connectivity index (χ4v) is 0.579. The third-order valence-corrected chi connectivity index (χ3v) is 1.29. The minimum absolute atomic E-state index is 0.108. The zero-order valence-corrected chi connectivity index (χ0v) is 7.64. The molecule has 0 aromatic carbocycles. The third kappa shape index (κ3) is 4.34. The maximum atomic E-state index is 8.73. The van der Waals surface area contributed by atoms with Gasteiger partial charge in [0.25, 0.3) is 0 Å². The first-order chi connectivity index (χ1) is 6.15. The van der Waals surface area contributed by atoms with Gasteiger partial charge in [-0.1, -0.05) is 0 Å². The molecular weight excluding hydrogens is 171 g/mol. The molecular formula is C7H13BN2O3. The lowest BCUT2D eigenvalue weighted by Gasteiger charge is -1.99. The van der Waals surface area contributed by atoms with Crippen LogP contribution in [0.2, 0.25) is 0 Å². The molecule has 0 amide bonds. The quantitative estimate of drug-likeness (QED) is 0.310. The van der Waals surface area contributed by atoms with Crippen LogP contribution in [0.4, 0.5) is 0 Å². The molecule has 72 valence electrons. The number of ether oxygens (including phenoxy) is 1. The van der Waals surface area contributed by atoms with Crippen LogP contribution in [0.25, 0.3) is 0 Å². The summed E-state index contributed by atoms with van der Waals surface area (Å²) in [5.41, 5.74) is 5.22. The molecule has 0 bridgehead atoms. The summed E-state index contributed by atoms with van der Waals surface area (Å²) in [5.74, 6) is 0.375. The van der Waals surface area contributed by atoms with E-state index in [2.05, 4.69) is 4.99 Å². The molecule has 0 spiro atoms. The molecule has 0 rings (SSSR count). The van der Waals surface area contributed by atoms with E-state index in [1.165, 1.54) is 13.3 Å². The topological polar surface area (TPSA) is 88.1 Å². The lowest BCUT2D eigenvalue weighted by Crippen LogP contribution is -2.17. The standard InChI is InChI=1S/C7H13BN2O3/c1-3-7(13-2)10-5-6(4-9)8(11)12/h3-5,11-12H,9H2,1-2H3/b6-4+,7-3+,10-5+. The van der Waals surface area contributed by atoms with Crippen molar-refractivity contribution in [2.24, 2.45) is 10.7 Å². The van der Waals surface area contributed by atoms with Crippen molar-refractivity contribution in [3.8, 4) is 0 Å². The zero-order chi connectivity index (χ0) is 10.3. The van der Waals surface area contributed by atoms with Gasteiger partial charge in [-0.2, -0.15) is 0 Å². The number of nitrogens with two attached hydrogens (primary N) is 1. The number of hydrogen-bond acceptors (Lipinski definition) is 5. The highest BCUT2D eigenvalue weighted by molar-refractivity contribution is 6.56.